The molecule has 0 fully saturated rings. The molecule has 0 bridgehead atoms. The van der Waals surface area contributed by atoms with E-state index in [0.29, 0.717) is 23.8 Å². The molecule has 0 aliphatic rings. The molecule has 5 heteroatoms. The highest BCUT2D eigenvalue weighted by atomic mass is 16.5. The second kappa shape index (κ2) is 7.36. The van der Waals surface area contributed by atoms with Gasteiger partial charge in [-0.25, -0.2) is 0 Å². The fourth-order valence-electron chi connectivity index (χ4n) is 1.90. The van der Waals surface area contributed by atoms with Crippen LogP contribution in [0.1, 0.15) is 25.8 Å². The minimum absolute atomic E-state index is 0.0824. The second-order valence-electron chi connectivity index (χ2n) is 4.92. The molecule has 5 nitrogen and oxygen atoms in total. The van der Waals surface area contributed by atoms with E-state index in [-0.39, 0.29) is 12.1 Å². The Hall–Kier alpha value is -1.46. The van der Waals surface area contributed by atoms with Gasteiger partial charge in [0.05, 0.1) is 27.9 Å². The van der Waals surface area contributed by atoms with Crippen LogP contribution in [0.25, 0.3) is 0 Å². The van der Waals surface area contributed by atoms with E-state index in [2.05, 4.69) is 5.32 Å². The van der Waals surface area contributed by atoms with E-state index in [9.17, 15) is 5.11 Å². The molecular formula is C15H25NO4. The first-order valence-electron chi connectivity index (χ1n) is 6.69. The van der Waals surface area contributed by atoms with Gasteiger partial charge in [0, 0.05) is 17.6 Å². The topological polar surface area (TPSA) is 60.0 Å². The minimum atomic E-state index is -0.307. The van der Waals surface area contributed by atoms with Crippen LogP contribution in [-0.2, 0) is 6.54 Å². The predicted octanol–water partition coefficient (Wildman–Crippen LogP) is 1.96. The number of hydrogen-bond donors (Lipinski definition) is 2. The molecule has 1 rings (SSSR count). The third-order valence-corrected chi connectivity index (χ3v) is 3.62. The summed E-state index contributed by atoms with van der Waals surface area (Å²) in [4.78, 5) is 0. The highest BCUT2D eigenvalue weighted by molar-refractivity contribution is 5.55. The van der Waals surface area contributed by atoms with Gasteiger partial charge in [-0.3, -0.25) is 0 Å². The molecule has 0 aromatic heterocycles. The van der Waals surface area contributed by atoms with Gasteiger partial charge in [0.1, 0.15) is 0 Å². The zero-order valence-corrected chi connectivity index (χ0v) is 12.9. The van der Waals surface area contributed by atoms with Crippen molar-refractivity contribution in [2.24, 2.45) is 0 Å². The fraction of sp³-hybridized carbons (Fsp3) is 0.600. The lowest BCUT2D eigenvalue weighted by Crippen LogP contribution is -2.44. The Labute approximate surface area is 120 Å². The summed E-state index contributed by atoms with van der Waals surface area (Å²) >= 11 is 0. The molecule has 0 radical (unpaired) electrons. The van der Waals surface area contributed by atoms with Crippen molar-refractivity contribution in [3.05, 3.63) is 17.7 Å². The van der Waals surface area contributed by atoms with Gasteiger partial charge < -0.3 is 24.6 Å². The maximum atomic E-state index is 9.43. The largest absolute Gasteiger partial charge is 0.493 e. The maximum absolute atomic E-state index is 9.43. The van der Waals surface area contributed by atoms with E-state index < -0.39 is 0 Å². The number of rotatable bonds is 8. The lowest BCUT2D eigenvalue weighted by Gasteiger charge is -2.28. The van der Waals surface area contributed by atoms with Crippen LogP contribution < -0.4 is 19.5 Å². The van der Waals surface area contributed by atoms with Crippen molar-refractivity contribution in [3.63, 3.8) is 0 Å². The maximum Gasteiger partial charge on any atom is 0.203 e. The number of ether oxygens (including phenoxy) is 3. The van der Waals surface area contributed by atoms with Gasteiger partial charge >= 0.3 is 0 Å². The van der Waals surface area contributed by atoms with E-state index in [1.54, 1.807) is 21.3 Å². The molecule has 0 amide bonds. The standard InChI is InChI=1S/C15H25NO4/c1-6-15(2,10-17)16-9-11-7-8-12(18-3)14(20-5)13(11)19-4/h7-8,16-17H,6,9-10H2,1-5H3. The summed E-state index contributed by atoms with van der Waals surface area (Å²) in [5.74, 6) is 1.86. The Morgan fingerprint density at radius 2 is 1.75 bits per heavy atom. The monoisotopic (exact) mass is 283 g/mol. The van der Waals surface area contributed by atoms with Crippen LogP contribution in [-0.4, -0.2) is 38.6 Å². The third kappa shape index (κ3) is 3.55. The highest BCUT2D eigenvalue weighted by Gasteiger charge is 2.22. The van der Waals surface area contributed by atoms with E-state index in [1.807, 2.05) is 26.0 Å². The van der Waals surface area contributed by atoms with Gasteiger partial charge in [0.15, 0.2) is 11.5 Å². The van der Waals surface area contributed by atoms with Gasteiger partial charge in [0.25, 0.3) is 0 Å². The van der Waals surface area contributed by atoms with Crippen molar-refractivity contribution in [2.75, 3.05) is 27.9 Å². The predicted molar refractivity (Wildman–Crippen MR) is 78.7 cm³/mol. The summed E-state index contributed by atoms with van der Waals surface area (Å²) < 4.78 is 16.0. The number of methoxy groups -OCH3 is 3. The van der Waals surface area contributed by atoms with Crippen molar-refractivity contribution in [3.8, 4) is 17.2 Å². The van der Waals surface area contributed by atoms with Crippen molar-refractivity contribution in [2.45, 2.75) is 32.4 Å². The first-order chi connectivity index (χ1) is 9.55. The van der Waals surface area contributed by atoms with Gasteiger partial charge in [-0.15, -0.1) is 0 Å². The van der Waals surface area contributed by atoms with Crippen molar-refractivity contribution < 1.29 is 19.3 Å². The van der Waals surface area contributed by atoms with Crippen LogP contribution in [0.4, 0.5) is 0 Å². The normalized spacial score (nSPS) is 13.7. The summed E-state index contributed by atoms with van der Waals surface area (Å²) in [5.41, 5.74) is 0.649. The van der Waals surface area contributed by atoms with Gasteiger partial charge in [0.2, 0.25) is 5.75 Å². The Morgan fingerprint density at radius 1 is 1.10 bits per heavy atom. The Kier molecular flexibility index (Phi) is 6.10. The Morgan fingerprint density at radius 3 is 2.20 bits per heavy atom. The number of nitrogens with one attached hydrogen (secondary N) is 1. The molecule has 0 saturated heterocycles. The lowest BCUT2D eigenvalue weighted by molar-refractivity contribution is 0.168. The first-order valence-corrected chi connectivity index (χ1v) is 6.69. The van der Waals surface area contributed by atoms with Crippen LogP contribution in [0, 0.1) is 0 Å². The van der Waals surface area contributed by atoms with E-state index in [0.717, 1.165) is 12.0 Å². The SMILES string of the molecule is CCC(C)(CO)NCc1ccc(OC)c(OC)c1OC. The van der Waals surface area contributed by atoms with Crippen LogP contribution in [0.15, 0.2) is 12.1 Å². The van der Waals surface area contributed by atoms with Crippen LogP contribution in [0.5, 0.6) is 17.2 Å². The number of benzene rings is 1. The van der Waals surface area contributed by atoms with Crippen molar-refractivity contribution >= 4 is 0 Å². The molecule has 1 aromatic carbocycles. The molecule has 1 unspecified atom stereocenters. The summed E-state index contributed by atoms with van der Waals surface area (Å²) in [6, 6.07) is 3.78. The van der Waals surface area contributed by atoms with Gasteiger partial charge in [-0.1, -0.05) is 13.0 Å². The smallest absolute Gasteiger partial charge is 0.203 e. The van der Waals surface area contributed by atoms with Crippen molar-refractivity contribution in [1.82, 2.24) is 5.32 Å². The summed E-state index contributed by atoms with van der Waals surface area (Å²) in [5, 5.41) is 12.8. The fourth-order valence-corrected chi connectivity index (χ4v) is 1.90. The Balaban J connectivity index is 3.01. The molecule has 0 aliphatic heterocycles. The van der Waals surface area contributed by atoms with Gasteiger partial charge in [-0.05, 0) is 19.4 Å². The average molecular weight is 283 g/mol. The number of aliphatic hydroxyl groups is 1. The molecule has 20 heavy (non-hydrogen) atoms. The molecule has 0 spiro atoms. The molecule has 1 aromatic rings. The lowest BCUT2D eigenvalue weighted by atomic mass is 9.99. The van der Waals surface area contributed by atoms with Crippen LogP contribution in [0.2, 0.25) is 0 Å². The van der Waals surface area contributed by atoms with Crippen LogP contribution in [0.3, 0.4) is 0 Å². The quantitative estimate of drug-likeness (QED) is 0.764. The summed E-state index contributed by atoms with van der Waals surface area (Å²) in [6.45, 7) is 4.68. The zero-order chi connectivity index (χ0) is 15.2. The number of aliphatic hydroxyl groups excluding tert-OH is 1. The number of hydrogen-bond acceptors (Lipinski definition) is 5. The van der Waals surface area contributed by atoms with E-state index in [1.165, 1.54) is 0 Å². The van der Waals surface area contributed by atoms with Crippen molar-refractivity contribution in [1.29, 1.82) is 0 Å². The third-order valence-electron chi connectivity index (χ3n) is 3.62. The molecule has 0 heterocycles. The molecular weight excluding hydrogens is 258 g/mol. The highest BCUT2D eigenvalue weighted by Crippen LogP contribution is 2.39. The molecule has 114 valence electrons. The van der Waals surface area contributed by atoms with E-state index >= 15 is 0 Å². The summed E-state index contributed by atoms with van der Waals surface area (Å²) in [6.07, 6.45) is 0.832. The van der Waals surface area contributed by atoms with Crippen LogP contribution >= 0.6 is 0 Å². The first kappa shape index (κ1) is 16.6. The Bertz CT molecular complexity index is 430. The molecule has 0 aliphatic carbocycles. The summed E-state index contributed by atoms with van der Waals surface area (Å²) in [7, 11) is 4.78. The molecule has 0 saturated carbocycles. The molecule has 1 atom stereocenters. The van der Waals surface area contributed by atoms with E-state index in [4.69, 9.17) is 14.2 Å². The second-order valence-corrected chi connectivity index (χ2v) is 4.92. The zero-order valence-electron chi connectivity index (χ0n) is 12.9. The average Bonchev–Trinajstić information content (AvgIpc) is 2.51. The minimum Gasteiger partial charge on any atom is -0.493 e. The van der Waals surface area contributed by atoms with Gasteiger partial charge in [-0.2, -0.15) is 0 Å². The molecule has 2 N–H and O–H groups in total.